The van der Waals surface area contributed by atoms with Crippen LogP contribution in [0, 0.1) is 6.92 Å². The van der Waals surface area contributed by atoms with Gasteiger partial charge in [0.05, 0.1) is 18.8 Å². The molecule has 4 atom stereocenters. The van der Waals surface area contributed by atoms with E-state index in [-0.39, 0.29) is 30.5 Å². The third-order valence-electron chi connectivity index (χ3n) is 8.57. The summed E-state index contributed by atoms with van der Waals surface area (Å²) in [5.74, 6) is -6.26. The molecule has 282 valence electrons. The van der Waals surface area contributed by atoms with Crippen LogP contribution in [0.5, 0.6) is 0 Å². The molecule has 10 N–H and O–H groups in total. The molecule has 18 heteroatoms. The lowest BCUT2D eigenvalue weighted by Crippen LogP contribution is -2.58. The van der Waals surface area contributed by atoms with E-state index in [0.717, 1.165) is 16.5 Å². The van der Waals surface area contributed by atoms with Gasteiger partial charge in [-0.3, -0.25) is 28.8 Å². The SMILES string of the molecule is Cc1cc(=O)oc2cc(NC(=O)[C@H](CC(=O)O)NC(=O)[C@H](Cc3cnc[nH]3)NC(=O)[C@H](CCC(=O)O)NC(=O)[C@@H](N)Cc3c[nH]c4ccccc34)ccc12. The molecule has 0 bridgehead atoms. The Balaban J connectivity index is 1.32. The van der Waals surface area contributed by atoms with Gasteiger partial charge in [-0.1, -0.05) is 18.2 Å². The lowest BCUT2D eigenvalue weighted by Gasteiger charge is -2.25. The molecule has 0 saturated carbocycles. The summed E-state index contributed by atoms with van der Waals surface area (Å²) in [5.41, 5.74) is 8.51. The van der Waals surface area contributed by atoms with Crippen molar-refractivity contribution in [2.45, 2.75) is 63.2 Å². The Morgan fingerprint density at radius 1 is 0.833 bits per heavy atom. The van der Waals surface area contributed by atoms with E-state index in [9.17, 15) is 43.8 Å². The Labute approximate surface area is 305 Å². The number of nitrogens with zero attached hydrogens (tertiary/aromatic N) is 1. The van der Waals surface area contributed by atoms with Gasteiger partial charge in [0, 0.05) is 65.0 Å². The standard InChI is InChI=1S/C36H38N8O10/c1-18-10-32(49)54-29-13-20(6-7-22(18)29)41-35(52)28(14-31(47)48)44-36(53)27(12-21-16-38-17-40-21)43-34(51)26(8-9-30(45)46)42-33(50)24(37)11-19-15-39-25-5-3-2-4-23(19)25/h2-7,10,13,15-17,24,26-28,39H,8-9,11-12,14,37H2,1H3,(H,38,40)(H,41,52)(H,42,50)(H,43,51)(H,44,53)(H,45,46)(H,47,48)/t24-,26-,27-,28-/m0/s1. The Morgan fingerprint density at radius 2 is 1.56 bits per heavy atom. The second-order valence-electron chi connectivity index (χ2n) is 12.6. The van der Waals surface area contributed by atoms with Crippen molar-refractivity contribution in [3.63, 3.8) is 0 Å². The maximum atomic E-state index is 13.7. The van der Waals surface area contributed by atoms with Crippen LogP contribution in [0.2, 0.25) is 0 Å². The molecule has 5 aromatic rings. The van der Waals surface area contributed by atoms with Crippen LogP contribution in [-0.2, 0) is 41.6 Å². The largest absolute Gasteiger partial charge is 0.481 e. The average Bonchev–Trinajstić information content (AvgIpc) is 3.79. The normalized spacial score (nSPS) is 13.4. The fourth-order valence-electron chi connectivity index (χ4n) is 5.83. The number of para-hydroxylation sites is 1. The summed E-state index contributed by atoms with van der Waals surface area (Å²) in [5, 5.41) is 30.3. The van der Waals surface area contributed by atoms with E-state index in [1.165, 1.54) is 30.7 Å². The first kappa shape index (κ1) is 38.4. The van der Waals surface area contributed by atoms with Gasteiger partial charge in [0.2, 0.25) is 23.6 Å². The van der Waals surface area contributed by atoms with Gasteiger partial charge in [-0.05, 0) is 49.1 Å². The van der Waals surface area contributed by atoms with Crippen molar-refractivity contribution >= 4 is 63.1 Å². The second kappa shape index (κ2) is 17.1. The zero-order valence-electron chi connectivity index (χ0n) is 28.9. The minimum absolute atomic E-state index is 0.0916. The summed E-state index contributed by atoms with van der Waals surface area (Å²) >= 11 is 0. The molecule has 0 spiro atoms. The minimum Gasteiger partial charge on any atom is -0.481 e. The summed E-state index contributed by atoms with van der Waals surface area (Å²) in [7, 11) is 0. The molecule has 5 rings (SSSR count). The van der Waals surface area contributed by atoms with Gasteiger partial charge in [-0.15, -0.1) is 0 Å². The van der Waals surface area contributed by atoms with Crippen LogP contribution in [0.4, 0.5) is 5.69 Å². The van der Waals surface area contributed by atoms with E-state index >= 15 is 0 Å². The molecule has 3 heterocycles. The number of fused-ring (bicyclic) bond motifs is 2. The van der Waals surface area contributed by atoms with Gasteiger partial charge < -0.3 is 51.6 Å². The minimum atomic E-state index is -1.65. The number of anilines is 1. The van der Waals surface area contributed by atoms with Gasteiger partial charge in [-0.2, -0.15) is 0 Å². The highest BCUT2D eigenvalue weighted by molar-refractivity contribution is 6.01. The maximum absolute atomic E-state index is 13.7. The first-order valence-electron chi connectivity index (χ1n) is 16.7. The number of carboxylic acids is 2. The number of carboxylic acid groups (broad SMARTS) is 2. The number of H-pyrrole nitrogens is 2. The molecule has 54 heavy (non-hydrogen) atoms. The van der Waals surface area contributed by atoms with Gasteiger partial charge in [0.1, 0.15) is 23.7 Å². The number of imidazole rings is 1. The predicted molar refractivity (Wildman–Crippen MR) is 193 cm³/mol. The Morgan fingerprint density at radius 3 is 2.28 bits per heavy atom. The predicted octanol–water partition coefficient (Wildman–Crippen LogP) is 0.851. The van der Waals surface area contributed by atoms with Crippen molar-refractivity contribution < 1.29 is 43.4 Å². The van der Waals surface area contributed by atoms with E-state index in [1.807, 2.05) is 24.3 Å². The highest BCUT2D eigenvalue weighted by Gasteiger charge is 2.32. The van der Waals surface area contributed by atoms with Crippen molar-refractivity contribution in [2.75, 3.05) is 5.32 Å². The maximum Gasteiger partial charge on any atom is 0.336 e. The summed E-state index contributed by atoms with van der Waals surface area (Å²) < 4.78 is 5.21. The van der Waals surface area contributed by atoms with E-state index in [0.29, 0.717) is 16.6 Å². The number of hydrogen-bond acceptors (Lipinski definition) is 10. The van der Waals surface area contributed by atoms with Crippen molar-refractivity contribution in [3.8, 4) is 0 Å². The zero-order valence-corrected chi connectivity index (χ0v) is 28.9. The number of aryl methyl sites for hydroxylation is 1. The lowest BCUT2D eigenvalue weighted by molar-refractivity contribution is -0.140. The fraction of sp³-hybridized carbons (Fsp3) is 0.278. The molecule has 0 fully saturated rings. The highest BCUT2D eigenvalue weighted by Crippen LogP contribution is 2.21. The molecule has 2 aromatic carbocycles. The molecule has 0 aliphatic rings. The summed E-state index contributed by atoms with van der Waals surface area (Å²) in [6.45, 7) is 1.71. The molecule has 0 unspecified atom stereocenters. The molecule has 0 saturated heterocycles. The third kappa shape index (κ3) is 9.94. The fourth-order valence-corrected chi connectivity index (χ4v) is 5.83. The van der Waals surface area contributed by atoms with Gasteiger partial charge >= 0.3 is 17.6 Å². The van der Waals surface area contributed by atoms with Crippen LogP contribution in [0.25, 0.3) is 21.9 Å². The quantitative estimate of drug-likeness (QED) is 0.0600. The van der Waals surface area contributed by atoms with E-state index in [2.05, 4.69) is 36.2 Å². The molecule has 18 nitrogen and oxygen atoms in total. The van der Waals surface area contributed by atoms with Crippen molar-refractivity contribution in [3.05, 3.63) is 94.5 Å². The van der Waals surface area contributed by atoms with Gasteiger partial charge in [0.15, 0.2) is 0 Å². The lowest BCUT2D eigenvalue weighted by atomic mass is 10.0. The van der Waals surface area contributed by atoms with Gasteiger partial charge in [0.25, 0.3) is 0 Å². The number of aromatic amines is 2. The van der Waals surface area contributed by atoms with Crippen LogP contribution >= 0.6 is 0 Å². The summed E-state index contributed by atoms with van der Waals surface area (Å²) in [6, 6.07) is 7.47. The van der Waals surface area contributed by atoms with E-state index in [4.69, 9.17) is 10.2 Å². The smallest absolute Gasteiger partial charge is 0.336 e. The Hall–Kier alpha value is -6.82. The van der Waals surface area contributed by atoms with Crippen molar-refractivity contribution in [1.82, 2.24) is 30.9 Å². The molecular formula is C36H38N8O10. The zero-order chi connectivity index (χ0) is 38.9. The molecule has 4 amide bonds. The number of amides is 4. The third-order valence-corrected chi connectivity index (χ3v) is 8.57. The number of carbonyl (C=O) groups is 6. The monoisotopic (exact) mass is 742 g/mol. The number of rotatable bonds is 17. The second-order valence-corrected chi connectivity index (χ2v) is 12.6. The van der Waals surface area contributed by atoms with Crippen molar-refractivity contribution in [2.24, 2.45) is 5.73 Å². The molecule has 0 aliphatic heterocycles. The first-order chi connectivity index (χ1) is 25.8. The van der Waals surface area contributed by atoms with Crippen LogP contribution in [-0.4, -0.2) is 84.9 Å². The summed E-state index contributed by atoms with van der Waals surface area (Å²) in [6.07, 6.45) is 2.55. The van der Waals surface area contributed by atoms with E-state index in [1.54, 1.807) is 19.2 Å². The van der Waals surface area contributed by atoms with Crippen LogP contribution < -0.4 is 32.6 Å². The van der Waals surface area contributed by atoms with Gasteiger partial charge in [-0.25, -0.2) is 9.78 Å². The van der Waals surface area contributed by atoms with Crippen LogP contribution in [0.3, 0.4) is 0 Å². The Bertz CT molecular complexity index is 2250. The topological polar surface area (TPSA) is 292 Å². The van der Waals surface area contributed by atoms with Crippen molar-refractivity contribution in [1.29, 1.82) is 0 Å². The number of nitrogens with two attached hydrogens (primary N) is 1. The number of benzene rings is 2. The number of aromatic nitrogens is 3. The average molecular weight is 743 g/mol. The number of aliphatic carboxylic acids is 2. The number of nitrogens with one attached hydrogen (secondary N) is 6. The molecule has 0 radical (unpaired) electrons. The number of carbonyl (C=O) groups excluding carboxylic acids is 4. The Kier molecular flexibility index (Phi) is 12.2. The first-order valence-corrected chi connectivity index (χ1v) is 16.7. The number of hydrogen-bond donors (Lipinski definition) is 9. The summed E-state index contributed by atoms with van der Waals surface area (Å²) in [4.78, 5) is 98.9. The van der Waals surface area contributed by atoms with Crippen LogP contribution in [0.1, 0.15) is 36.1 Å². The molecule has 3 aromatic heterocycles. The van der Waals surface area contributed by atoms with Crippen LogP contribution in [0.15, 0.2) is 76.5 Å². The molecule has 0 aliphatic carbocycles. The molecular weight excluding hydrogens is 704 g/mol. The highest BCUT2D eigenvalue weighted by atomic mass is 16.4. The van der Waals surface area contributed by atoms with E-state index < -0.39 is 78.2 Å².